The van der Waals surface area contributed by atoms with Crippen LogP contribution in [0.5, 0.6) is 5.75 Å². The molecule has 3 rings (SSSR count). The fourth-order valence-electron chi connectivity index (χ4n) is 3.02. The lowest BCUT2D eigenvalue weighted by Crippen LogP contribution is -2.31. The van der Waals surface area contributed by atoms with Gasteiger partial charge in [-0.05, 0) is 25.0 Å². The highest BCUT2D eigenvalue weighted by Gasteiger charge is 2.32. The molecule has 2 aromatic rings. The Morgan fingerprint density at radius 1 is 1.39 bits per heavy atom. The van der Waals surface area contributed by atoms with Crippen LogP contribution in [-0.2, 0) is 0 Å². The van der Waals surface area contributed by atoms with E-state index < -0.39 is 5.56 Å². The van der Waals surface area contributed by atoms with Crippen molar-refractivity contribution in [1.82, 2.24) is 9.88 Å². The number of amides is 1. The van der Waals surface area contributed by atoms with E-state index in [2.05, 4.69) is 4.98 Å². The lowest BCUT2D eigenvalue weighted by molar-refractivity contribution is 0.0733. The third-order valence-corrected chi connectivity index (χ3v) is 4.40. The van der Waals surface area contributed by atoms with Crippen LogP contribution in [0.4, 0.5) is 0 Å². The number of para-hydroxylation sites is 1. The van der Waals surface area contributed by atoms with Gasteiger partial charge in [0.05, 0.1) is 18.7 Å². The van der Waals surface area contributed by atoms with Crippen molar-refractivity contribution in [3.63, 3.8) is 0 Å². The quantitative estimate of drug-likeness (QED) is 0.939. The molecule has 1 saturated heterocycles. The standard InChI is InChI=1S/C17H17ClN2O3/c1-23-15-7-3-2-5-12(15)14-6-4-8-20(14)17(22)11-9-13(18)16(21)19-10-11/h2-3,5,7,9-10,14H,4,6,8H2,1H3,(H,19,21)/t14-/m0/s1. The van der Waals surface area contributed by atoms with Crippen molar-refractivity contribution >= 4 is 17.5 Å². The van der Waals surface area contributed by atoms with Crippen LogP contribution in [0.25, 0.3) is 0 Å². The molecule has 1 aliphatic rings. The summed E-state index contributed by atoms with van der Waals surface area (Å²) in [5, 5.41) is 0.0175. The predicted octanol–water partition coefficient (Wildman–Crippen LogP) is 3.01. The Kier molecular flexibility index (Phi) is 4.39. The minimum Gasteiger partial charge on any atom is -0.496 e. The molecule has 1 amide bonds. The summed E-state index contributed by atoms with van der Waals surface area (Å²) in [6.07, 6.45) is 3.21. The number of H-pyrrole nitrogens is 1. The highest BCUT2D eigenvalue weighted by atomic mass is 35.5. The number of hydrogen-bond acceptors (Lipinski definition) is 3. The van der Waals surface area contributed by atoms with Crippen LogP contribution in [0.2, 0.25) is 5.02 Å². The highest BCUT2D eigenvalue weighted by molar-refractivity contribution is 6.30. The zero-order chi connectivity index (χ0) is 16.4. The van der Waals surface area contributed by atoms with Gasteiger partial charge >= 0.3 is 0 Å². The second-order valence-corrected chi connectivity index (χ2v) is 5.87. The number of likely N-dealkylation sites (tertiary alicyclic amines) is 1. The number of nitrogens with zero attached hydrogens (tertiary/aromatic N) is 1. The normalized spacial score (nSPS) is 17.3. The Morgan fingerprint density at radius 2 is 2.17 bits per heavy atom. The monoisotopic (exact) mass is 332 g/mol. The lowest BCUT2D eigenvalue weighted by Gasteiger charge is -2.26. The van der Waals surface area contributed by atoms with Crippen LogP contribution in [0.15, 0.2) is 41.3 Å². The van der Waals surface area contributed by atoms with Crippen LogP contribution in [0.3, 0.4) is 0 Å². The van der Waals surface area contributed by atoms with Gasteiger partial charge in [0.1, 0.15) is 10.8 Å². The number of rotatable bonds is 3. The number of aromatic amines is 1. The Balaban J connectivity index is 1.93. The number of methoxy groups -OCH3 is 1. The molecule has 0 spiro atoms. The maximum atomic E-state index is 12.8. The van der Waals surface area contributed by atoms with Gasteiger partial charge in [0.15, 0.2) is 0 Å². The largest absolute Gasteiger partial charge is 0.496 e. The number of carbonyl (C=O) groups is 1. The number of nitrogens with one attached hydrogen (secondary N) is 1. The van der Waals surface area contributed by atoms with Gasteiger partial charge in [-0.1, -0.05) is 29.8 Å². The minimum atomic E-state index is -0.397. The van der Waals surface area contributed by atoms with E-state index in [0.29, 0.717) is 12.1 Å². The first-order valence-corrected chi connectivity index (χ1v) is 7.81. The van der Waals surface area contributed by atoms with E-state index in [-0.39, 0.29) is 17.0 Å². The molecule has 0 saturated carbocycles. The van der Waals surface area contributed by atoms with Crippen molar-refractivity contribution in [3.05, 3.63) is 63.0 Å². The van der Waals surface area contributed by atoms with E-state index >= 15 is 0 Å². The molecule has 0 unspecified atom stereocenters. The van der Waals surface area contributed by atoms with Gasteiger partial charge in [-0.15, -0.1) is 0 Å². The number of carbonyl (C=O) groups excluding carboxylic acids is 1. The predicted molar refractivity (Wildman–Crippen MR) is 88.1 cm³/mol. The average Bonchev–Trinajstić information content (AvgIpc) is 3.06. The molecular weight excluding hydrogens is 316 g/mol. The summed E-state index contributed by atoms with van der Waals surface area (Å²) < 4.78 is 5.42. The zero-order valence-corrected chi connectivity index (χ0v) is 13.5. The van der Waals surface area contributed by atoms with Crippen molar-refractivity contribution < 1.29 is 9.53 Å². The first-order chi connectivity index (χ1) is 11.1. The highest BCUT2D eigenvalue weighted by Crippen LogP contribution is 2.37. The van der Waals surface area contributed by atoms with Gasteiger partial charge in [0, 0.05) is 18.3 Å². The molecule has 1 aliphatic heterocycles. The van der Waals surface area contributed by atoms with Crippen LogP contribution in [0, 0.1) is 0 Å². The van der Waals surface area contributed by atoms with Crippen LogP contribution >= 0.6 is 11.6 Å². The first kappa shape index (κ1) is 15.6. The summed E-state index contributed by atoms with van der Waals surface area (Å²) in [6.45, 7) is 0.665. The number of pyridine rings is 1. The Bertz CT molecular complexity index is 787. The molecule has 1 atom stereocenters. The van der Waals surface area contributed by atoms with Crippen LogP contribution in [0.1, 0.15) is 34.8 Å². The molecule has 0 aliphatic carbocycles. The topological polar surface area (TPSA) is 62.4 Å². The molecule has 1 aromatic carbocycles. The fraction of sp³-hybridized carbons (Fsp3) is 0.294. The molecule has 5 nitrogen and oxygen atoms in total. The van der Waals surface area contributed by atoms with Crippen molar-refractivity contribution in [2.45, 2.75) is 18.9 Å². The maximum absolute atomic E-state index is 12.8. The summed E-state index contributed by atoms with van der Waals surface area (Å²) in [7, 11) is 1.63. The Hall–Kier alpha value is -2.27. The van der Waals surface area contributed by atoms with E-state index in [0.717, 1.165) is 24.2 Å². The van der Waals surface area contributed by atoms with E-state index in [4.69, 9.17) is 16.3 Å². The molecule has 1 fully saturated rings. The van der Waals surface area contributed by atoms with Gasteiger partial charge in [0.2, 0.25) is 0 Å². The van der Waals surface area contributed by atoms with Crippen LogP contribution in [-0.4, -0.2) is 29.4 Å². The van der Waals surface area contributed by atoms with Crippen molar-refractivity contribution in [2.24, 2.45) is 0 Å². The van der Waals surface area contributed by atoms with Crippen molar-refractivity contribution in [3.8, 4) is 5.75 Å². The van der Waals surface area contributed by atoms with E-state index in [1.807, 2.05) is 29.2 Å². The molecule has 120 valence electrons. The molecule has 0 radical (unpaired) electrons. The third-order valence-electron chi connectivity index (χ3n) is 4.12. The Morgan fingerprint density at radius 3 is 2.91 bits per heavy atom. The molecule has 0 bridgehead atoms. The van der Waals surface area contributed by atoms with Gasteiger partial charge in [-0.25, -0.2) is 0 Å². The molecule has 2 heterocycles. The summed E-state index contributed by atoms with van der Waals surface area (Å²) in [4.78, 5) is 28.5. The van der Waals surface area contributed by atoms with Gasteiger partial charge < -0.3 is 14.6 Å². The SMILES string of the molecule is COc1ccccc1[C@@H]1CCCN1C(=O)c1c[nH]c(=O)c(Cl)c1. The van der Waals surface area contributed by atoms with Gasteiger partial charge in [-0.2, -0.15) is 0 Å². The van der Waals surface area contributed by atoms with Crippen molar-refractivity contribution in [2.75, 3.05) is 13.7 Å². The first-order valence-electron chi connectivity index (χ1n) is 7.44. The third kappa shape index (κ3) is 2.97. The zero-order valence-electron chi connectivity index (χ0n) is 12.7. The smallest absolute Gasteiger partial charge is 0.266 e. The summed E-state index contributed by atoms with van der Waals surface area (Å²) >= 11 is 5.83. The van der Waals surface area contributed by atoms with E-state index in [1.165, 1.54) is 12.3 Å². The van der Waals surface area contributed by atoms with E-state index in [1.54, 1.807) is 7.11 Å². The number of halogens is 1. The number of hydrogen-bond donors (Lipinski definition) is 1. The average molecular weight is 333 g/mol. The van der Waals surface area contributed by atoms with Crippen molar-refractivity contribution in [1.29, 1.82) is 0 Å². The Labute approximate surface area is 138 Å². The van der Waals surface area contributed by atoms with Gasteiger partial charge in [-0.3, -0.25) is 9.59 Å². The second-order valence-electron chi connectivity index (χ2n) is 5.46. The van der Waals surface area contributed by atoms with E-state index in [9.17, 15) is 9.59 Å². The van der Waals surface area contributed by atoms with Crippen LogP contribution < -0.4 is 10.3 Å². The summed E-state index contributed by atoms with van der Waals surface area (Å²) in [5.74, 6) is 0.633. The molecule has 1 N–H and O–H groups in total. The molecule has 1 aromatic heterocycles. The maximum Gasteiger partial charge on any atom is 0.266 e. The second kappa shape index (κ2) is 6.46. The molecular formula is C17H17ClN2O3. The van der Waals surface area contributed by atoms with Gasteiger partial charge in [0.25, 0.3) is 11.5 Å². The summed E-state index contributed by atoms with van der Waals surface area (Å²) in [6, 6.07) is 9.10. The lowest BCUT2D eigenvalue weighted by atomic mass is 10.0. The number of benzene rings is 1. The molecule has 6 heteroatoms. The fourth-order valence-corrected chi connectivity index (χ4v) is 3.19. The number of ether oxygens (including phenoxy) is 1. The molecule has 23 heavy (non-hydrogen) atoms. The minimum absolute atomic E-state index is 0.0175. The number of aromatic nitrogens is 1. The summed E-state index contributed by atoms with van der Waals surface area (Å²) in [5.41, 5.74) is 0.985.